The van der Waals surface area contributed by atoms with Gasteiger partial charge in [-0.2, -0.15) is 0 Å². The molecular weight excluding hydrogens is 151 g/mol. The molecule has 0 aromatic carbocycles. The molecule has 66 valence electrons. The van der Waals surface area contributed by atoms with Crippen LogP contribution in [-0.4, -0.2) is 0 Å². The molecule has 0 aliphatic rings. The molecule has 0 aromatic heterocycles. The average molecular weight is 166 g/mol. The van der Waals surface area contributed by atoms with E-state index in [9.17, 15) is 4.39 Å². The van der Waals surface area contributed by atoms with Crippen LogP contribution in [0.1, 0.15) is 20.8 Å². The maximum absolute atomic E-state index is 12.6. The van der Waals surface area contributed by atoms with E-state index in [1.165, 1.54) is 12.2 Å². The summed E-state index contributed by atoms with van der Waals surface area (Å²) in [4.78, 5) is 0. The molecule has 0 rings (SSSR count). The molecule has 0 atom stereocenters. The molecule has 0 unspecified atom stereocenters. The van der Waals surface area contributed by atoms with Crippen molar-refractivity contribution in [3.63, 3.8) is 0 Å². The van der Waals surface area contributed by atoms with Crippen molar-refractivity contribution in [3.8, 4) is 11.8 Å². The monoisotopic (exact) mass is 166 g/mol. The van der Waals surface area contributed by atoms with Crippen LogP contribution in [0.2, 0.25) is 0 Å². The molecule has 0 fully saturated rings. The molecular formula is C11H15F. The van der Waals surface area contributed by atoms with Crippen LogP contribution in [0.3, 0.4) is 0 Å². The Morgan fingerprint density at radius 2 is 1.92 bits per heavy atom. The topological polar surface area (TPSA) is 0 Å². The van der Waals surface area contributed by atoms with Gasteiger partial charge in [-0.15, -0.1) is 5.92 Å². The number of allylic oxidation sites excluding steroid dienone is 4. The summed E-state index contributed by atoms with van der Waals surface area (Å²) < 4.78 is 12.6. The Morgan fingerprint density at radius 3 is 2.25 bits per heavy atom. The minimum Gasteiger partial charge on any atom is -0.206 e. The summed E-state index contributed by atoms with van der Waals surface area (Å²) in [5.74, 6) is 4.61. The second-order valence-electron chi connectivity index (χ2n) is 1.60. The van der Waals surface area contributed by atoms with E-state index in [2.05, 4.69) is 25.0 Å². The van der Waals surface area contributed by atoms with E-state index in [1.54, 1.807) is 6.92 Å². The Hall–Kier alpha value is -1.29. The van der Waals surface area contributed by atoms with Crippen LogP contribution >= 0.6 is 0 Å². The van der Waals surface area contributed by atoms with Crippen LogP contribution < -0.4 is 0 Å². The highest BCUT2D eigenvalue weighted by atomic mass is 19.1. The van der Waals surface area contributed by atoms with Crippen LogP contribution in [0, 0.1) is 11.8 Å². The Labute approximate surface area is 74.5 Å². The van der Waals surface area contributed by atoms with Crippen LogP contribution in [0.15, 0.2) is 36.7 Å². The van der Waals surface area contributed by atoms with E-state index in [0.717, 1.165) is 0 Å². The van der Waals surface area contributed by atoms with E-state index in [-0.39, 0.29) is 5.57 Å². The normalized spacial score (nSPS) is 8.50. The summed E-state index contributed by atoms with van der Waals surface area (Å²) in [5, 5.41) is 0. The molecule has 0 heterocycles. The average Bonchev–Trinajstić information content (AvgIpc) is 2.09. The highest BCUT2D eigenvalue weighted by Gasteiger charge is 1.93. The van der Waals surface area contributed by atoms with Crippen LogP contribution in [0.25, 0.3) is 0 Å². The van der Waals surface area contributed by atoms with Crippen LogP contribution in [0.5, 0.6) is 0 Å². The molecule has 0 radical (unpaired) electrons. The van der Waals surface area contributed by atoms with Gasteiger partial charge in [0.15, 0.2) is 0 Å². The van der Waals surface area contributed by atoms with Gasteiger partial charge in [-0.05, 0) is 13.0 Å². The van der Waals surface area contributed by atoms with Gasteiger partial charge in [0.2, 0.25) is 0 Å². The zero-order valence-electron chi connectivity index (χ0n) is 7.95. The Bertz CT molecular complexity index is 223. The number of halogens is 1. The van der Waals surface area contributed by atoms with Crippen molar-refractivity contribution in [2.75, 3.05) is 0 Å². The van der Waals surface area contributed by atoms with Crippen molar-refractivity contribution in [2.45, 2.75) is 20.8 Å². The molecule has 0 aromatic rings. The molecule has 0 N–H and O–H groups in total. The molecule has 0 nitrogen and oxygen atoms in total. The van der Waals surface area contributed by atoms with Gasteiger partial charge in [0, 0.05) is 0 Å². The molecule has 12 heavy (non-hydrogen) atoms. The first-order valence-corrected chi connectivity index (χ1v) is 3.82. The SMILES string of the molecule is C=C/C=C(/F)C(=C)C#CC.CC. The van der Waals surface area contributed by atoms with E-state index >= 15 is 0 Å². The highest BCUT2D eigenvalue weighted by Crippen LogP contribution is 2.06. The van der Waals surface area contributed by atoms with Crippen molar-refractivity contribution in [3.05, 3.63) is 36.7 Å². The second kappa shape index (κ2) is 9.71. The lowest BCUT2D eigenvalue weighted by Crippen LogP contribution is -1.74. The molecule has 0 saturated carbocycles. The van der Waals surface area contributed by atoms with E-state index in [0.29, 0.717) is 0 Å². The van der Waals surface area contributed by atoms with Gasteiger partial charge >= 0.3 is 0 Å². The van der Waals surface area contributed by atoms with Crippen molar-refractivity contribution in [1.29, 1.82) is 0 Å². The summed E-state index contributed by atoms with van der Waals surface area (Å²) in [7, 11) is 0. The summed E-state index contributed by atoms with van der Waals surface area (Å²) in [5.41, 5.74) is 0.197. The summed E-state index contributed by atoms with van der Waals surface area (Å²) in [6.45, 7) is 12.4. The minimum absolute atomic E-state index is 0.197. The summed E-state index contributed by atoms with van der Waals surface area (Å²) >= 11 is 0. The lowest BCUT2D eigenvalue weighted by molar-refractivity contribution is 0.660. The third-order valence-corrected chi connectivity index (χ3v) is 0.828. The van der Waals surface area contributed by atoms with Crippen molar-refractivity contribution in [1.82, 2.24) is 0 Å². The third kappa shape index (κ3) is 6.82. The number of hydrogen-bond acceptors (Lipinski definition) is 0. The van der Waals surface area contributed by atoms with Gasteiger partial charge in [0.05, 0.1) is 5.57 Å². The van der Waals surface area contributed by atoms with Gasteiger partial charge in [-0.3, -0.25) is 0 Å². The maximum Gasteiger partial charge on any atom is 0.138 e. The minimum atomic E-state index is -0.427. The number of rotatable bonds is 2. The Morgan fingerprint density at radius 1 is 1.42 bits per heavy atom. The molecule has 0 bridgehead atoms. The fraction of sp³-hybridized carbons (Fsp3) is 0.273. The zero-order valence-corrected chi connectivity index (χ0v) is 7.95. The first kappa shape index (κ1) is 13.3. The van der Waals surface area contributed by atoms with Gasteiger partial charge in [-0.1, -0.05) is 39.0 Å². The fourth-order valence-corrected chi connectivity index (χ4v) is 0.415. The zero-order chi connectivity index (χ0) is 9.98. The third-order valence-electron chi connectivity index (χ3n) is 0.828. The molecule has 0 saturated heterocycles. The maximum atomic E-state index is 12.6. The number of hydrogen-bond donors (Lipinski definition) is 0. The van der Waals surface area contributed by atoms with E-state index < -0.39 is 5.83 Å². The first-order chi connectivity index (χ1) is 5.72. The molecule has 1 heteroatoms. The van der Waals surface area contributed by atoms with Gasteiger partial charge < -0.3 is 0 Å². The molecule has 0 aliphatic heterocycles. The predicted octanol–water partition coefficient (Wildman–Crippen LogP) is 3.63. The van der Waals surface area contributed by atoms with Crippen LogP contribution in [-0.2, 0) is 0 Å². The summed E-state index contributed by atoms with van der Waals surface area (Å²) in [6.07, 6.45) is 2.59. The Balaban J connectivity index is 0. The smallest absolute Gasteiger partial charge is 0.138 e. The van der Waals surface area contributed by atoms with Crippen molar-refractivity contribution in [2.24, 2.45) is 0 Å². The van der Waals surface area contributed by atoms with E-state index in [4.69, 9.17) is 0 Å². The largest absolute Gasteiger partial charge is 0.206 e. The fourth-order valence-electron chi connectivity index (χ4n) is 0.415. The summed E-state index contributed by atoms with van der Waals surface area (Å²) in [6, 6.07) is 0. The van der Waals surface area contributed by atoms with Gasteiger partial charge in [0.1, 0.15) is 5.83 Å². The van der Waals surface area contributed by atoms with Gasteiger partial charge in [-0.25, -0.2) is 4.39 Å². The first-order valence-electron chi connectivity index (χ1n) is 3.82. The Kier molecular flexibility index (Phi) is 10.8. The molecule has 0 spiro atoms. The standard InChI is InChI=1S/C9H9F.C2H6/c1-4-6-8(3)9(10)7-5-2;1-2/h5,7H,2-3H2,1H3;1-2H3/b9-7+;. The van der Waals surface area contributed by atoms with E-state index in [1.807, 2.05) is 13.8 Å². The van der Waals surface area contributed by atoms with Crippen LogP contribution in [0.4, 0.5) is 4.39 Å². The lowest BCUT2D eigenvalue weighted by atomic mass is 10.2. The van der Waals surface area contributed by atoms with Crippen molar-refractivity contribution >= 4 is 0 Å². The highest BCUT2D eigenvalue weighted by molar-refractivity contribution is 5.40. The molecule has 0 aliphatic carbocycles. The van der Waals surface area contributed by atoms with Gasteiger partial charge in [0.25, 0.3) is 0 Å². The second-order valence-corrected chi connectivity index (χ2v) is 1.60. The predicted molar refractivity (Wildman–Crippen MR) is 53.3 cm³/mol. The lowest BCUT2D eigenvalue weighted by Gasteiger charge is -1.88. The molecule has 0 amide bonds. The quantitative estimate of drug-likeness (QED) is 0.434. The van der Waals surface area contributed by atoms with Crippen molar-refractivity contribution < 1.29 is 4.39 Å².